The molecule has 1 aromatic carbocycles. The van der Waals surface area contributed by atoms with Gasteiger partial charge in [-0.3, -0.25) is 14.4 Å². The molecule has 1 atom stereocenters. The summed E-state index contributed by atoms with van der Waals surface area (Å²) >= 11 is 0. The Kier molecular flexibility index (Phi) is 7.27. The molecule has 172 valence electrons. The van der Waals surface area contributed by atoms with Crippen molar-refractivity contribution in [3.05, 3.63) is 57.5 Å². The number of aryl methyl sites for hydroxylation is 2. The van der Waals surface area contributed by atoms with Crippen LogP contribution in [0.15, 0.2) is 29.1 Å². The Morgan fingerprint density at radius 2 is 1.81 bits per heavy atom. The van der Waals surface area contributed by atoms with Crippen molar-refractivity contribution in [2.45, 2.75) is 52.7 Å². The predicted octanol–water partition coefficient (Wildman–Crippen LogP) is 2.35. The number of carbonyl (C=O) groups excluding carboxylic acids is 2. The topological polar surface area (TPSA) is 104 Å². The molecule has 1 saturated heterocycles. The number of rotatable bonds is 6. The van der Waals surface area contributed by atoms with Gasteiger partial charge in [-0.2, -0.15) is 0 Å². The summed E-state index contributed by atoms with van der Waals surface area (Å²) in [6, 6.07) is 5.08. The molecular weight excluding hydrogens is 415 g/mol. The molecule has 1 aliphatic heterocycles. The molecular formula is C23H29FN4O4. The van der Waals surface area contributed by atoms with Gasteiger partial charge in [0.2, 0.25) is 5.91 Å². The van der Waals surface area contributed by atoms with E-state index >= 15 is 0 Å². The number of piperidine rings is 1. The van der Waals surface area contributed by atoms with E-state index < -0.39 is 17.5 Å². The maximum absolute atomic E-state index is 13.1. The number of nitrogens with one attached hydrogen (secondary N) is 2. The molecule has 32 heavy (non-hydrogen) atoms. The van der Waals surface area contributed by atoms with Crippen molar-refractivity contribution in [1.29, 1.82) is 0 Å². The number of hydrogen-bond donors (Lipinski definition) is 2. The first-order chi connectivity index (χ1) is 15.2. The van der Waals surface area contributed by atoms with Gasteiger partial charge < -0.3 is 19.9 Å². The van der Waals surface area contributed by atoms with E-state index in [-0.39, 0.29) is 29.4 Å². The van der Waals surface area contributed by atoms with E-state index in [4.69, 9.17) is 4.74 Å². The van der Waals surface area contributed by atoms with E-state index in [0.717, 1.165) is 0 Å². The molecule has 2 N–H and O–H groups in total. The van der Waals surface area contributed by atoms with Crippen molar-refractivity contribution in [1.82, 2.24) is 20.2 Å². The van der Waals surface area contributed by atoms with Crippen LogP contribution in [0.4, 0.5) is 4.39 Å². The third-order valence-corrected chi connectivity index (χ3v) is 5.64. The van der Waals surface area contributed by atoms with Crippen molar-refractivity contribution in [3.8, 4) is 5.75 Å². The molecule has 0 bridgehead atoms. The van der Waals surface area contributed by atoms with E-state index in [1.165, 1.54) is 12.1 Å². The van der Waals surface area contributed by atoms with Crippen LogP contribution in [0.2, 0.25) is 0 Å². The molecule has 0 aliphatic carbocycles. The second-order valence-electron chi connectivity index (χ2n) is 8.42. The molecule has 8 nitrogen and oxygen atoms in total. The highest BCUT2D eigenvalue weighted by Crippen LogP contribution is 2.20. The van der Waals surface area contributed by atoms with Crippen molar-refractivity contribution < 1.29 is 18.7 Å². The summed E-state index contributed by atoms with van der Waals surface area (Å²) < 4.78 is 18.9. The van der Waals surface area contributed by atoms with Crippen molar-refractivity contribution in [2.75, 3.05) is 13.1 Å². The normalized spacial score (nSPS) is 15.5. The van der Waals surface area contributed by atoms with Crippen molar-refractivity contribution >= 4 is 11.8 Å². The Morgan fingerprint density at radius 3 is 2.41 bits per heavy atom. The fourth-order valence-corrected chi connectivity index (χ4v) is 3.60. The number of ether oxygens (including phenoxy) is 1. The minimum atomic E-state index is -0.778. The fraction of sp³-hybridized carbons (Fsp3) is 0.478. The molecule has 1 aromatic heterocycles. The van der Waals surface area contributed by atoms with Gasteiger partial charge in [0.15, 0.2) is 5.69 Å². The molecule has 0 spiro atoms. The lowest BCUT2D eigenvalue weighted by molar-refractivity contribution is -0.136. The van der Waals surface area contributed by atoms with Crippen LogP contribution >= 0.6 is 0 Å². The highest BCUT2D eigenvalue weighted by molar-refractivity contribution is 5.96. The molecule has 2 amide bonds. The summed E-state index contributed by atoms with van der Waals surface area (Å²) in [5.74, 6) is -0.776. The first-order valence-electron chi connectivity index (χ1n) is 10.7. The summed E-state index contributed by atoms with van der Waals surface area (Å²) in [7, 11) is 0. The lowest BCUT2D eigenvalue weighted by Crippen LogP contribution is -2.54. The van der Waals surface area contributed by atoms with Crippen LogP contribution in [-0.2, 0) is 4.79 Å². The number of nitrogens with zero attached hydrogens (tertiary/aromatic N) is 2. The number of carbonyl (C=O) groups is 2. The number of H-pyrrole nitrogens is 1. The van der Waals surface area contributed by atoms with E-state index in [1.54, 1.807) is 30.9 Å². The van der Waals surface area contributed by atoms with E-state index in [1.807, 2.05) is 13.8 Å². The Labute approximate surface area is 186 Å². The summed E-state index contributed by atoms with van der Waals surface area (Å²) in [5.41, 5.74) is 0.302. The zero-order valence-corrected chi connectivity index (χ0v) is 18.8. The molecule has 0 saturated carbocycles. The lowest BCUT2D eigenvalue weighted by Gasteiger charge is -2.35. The van der Waals surface area contributed by atoms with Gasteiger partial charge in [0.1, 0.15) is 23.7 Å². The van der Waals surface area contributed by atoms with Gasteiger partial charge in [0.05, 0.1) is 5.69 Å². The summed E-state index contributed by atoms with van der Waals surface area (Å²) in [4.78, 5) is 46.4. The first-order valence-corrected chi connectivity index (χ1v) is 10.7. The monoisotopic (exact) mass is 444 g/mol. The Bertz CT molecular complexity index is 1030. The third-order valence-electron chi connectivity index (χ3n) is 5.64. The van der Waals surface area contributed by atoms with Gasteiger partial charge >= 0.3 is 0 Å². The summed E-state index contributed by atoms with van der Waals surface area (Å²) in [5, 5.41) is 2.69. The van der Waals surface area contributed by atoms with Crippen LogP contribution < -0.4 is 15.6 Å². The number of aromatic nitrogens is 2. The quantitative estimate of drug-likeness (QED) is 0.712. The Hall–Kier alpha value is -3.23. The van der Waals surface area contributed by atoms with E-state index in [0.29, 0.717) is 43.1 Å². The van der Waals surface area contributed by atoms with Crippen LogP contribution in [-0.4, -0.2) is 51.9 Å². The van der Waals surface area contributed by atoms with Crippen LogP contribution in [0, 0.1) is 25.6 Å². The van der Waals surface area contributed by atoms with Crippen LogP contribution in [0.3, 0.4) is 0 Å². The zero-order valence-electron chi connectivity index (χ0n) is 18.8. The second kappa shape index (κ2) is 9.93. The minimum Gasteiger partial charge on any atom is -0.490 e. The molecule has 9 heteroatoms. The van der Waals surface area contributed by atoms with Gasteiger partial charge in [-0.05, 0) is 44.0 Å². The van der Waals surface area contributed by atoms with Crippen molar-refractivity contribution in [2.24, 2.45) is 5.92 Å². The SMILES string of the molecule is Cc1nc(C(=O)N[C@H](C(=O)N2CCC(Oc3ccc(F)cc3)CC2)C(C)C)c(=O)[nH]c1C. The molecule has 1 fully saturated rings. The van der Waals surface area contributed by atoms with Gasteiger partial charge in [-0.25, -0.2) is 9.37 Å². The maximum Gasteiger partial charge on any atom is 0.279 e. The summed E-state index contributed by atoms with van der Waals surface area (Å²) in [6.07, 6.45) is 1.18. The number of benzene rings is 1. The standard InChI is InChI=1S/C23H29FN4O4/c1-13(2)19(27-22(30)20-21(29)26-15(4)14(3)25-20)23(31)28-11-9-18(10-12-28)32-17-7-5-16(24)6-8-17/h5-8,13,18-19H,9-12H2,1-4H3,(H,26,29)(H,27,30)/t19-/m0/s1. The predicted molar refractivity (Wildman–Crippen MR) is 117 cm³/mol. The van der Waals surface area contributed by atoms with Crippen molar-refractivity contribution in [3.63, 3.8) is 0 Å². The molecule has 3 rings (SSSR count). The van der Waals surface area contributed by atoms with Gasteiger partial charge in [-0.1, -0.05) is 13.8 Å². The minimum absolute atomic E-state index is 0.0742. The van der Waals surface area contributed by atoms with Gasteiger partial charge in [0, 0.05) is 31.6 Å². The molecule has 1 aliphatic rings. The lowest BCUT2D eigenvalue weighted by atomic mass is 10.00. The van der Waals surface area contributed by atoms with Gasteiger partial charge in [-0.15, -0.1) is 0 Å². The van der Waals surface area contributed by atoms with E-state index in [9.17, 15) is 18.8 Å². The van der Waals surface area contributed by atoms with Crippen LogP contribution in [0.1, 0.15) is 48.6 Å². The summed E-state index contributed by atoms with van der Waals surface area (Å²) in [6.45, 7) is 8.04. The van der Waals surface area contributed by atoms with Gasteiger partial charge in [0.25, 0.3) is 11.5 Å². The third kappa shape index (κ3) is 5.52. The smallest absolute Gasteiger partial charge is 0.279 e. The fourth-order valence-electron chi connectivity index (χ4n) is 3.60. The maximum atomic E-state index is 13.1. The average molecular weight is 445 g/mol. The number of aromatic amines is 1. The highest BCUT2D eigenvalue weighted by Gasteiger charge is 2.32. The number of likely N-dealkylation sites (tertiary alicyclic amines) is 1. The Balaban J connectivity index is 1.62. The largest absolute Gasteiger partial charge is 0.490 e. The van der Waals surface area contributed by atoms with Crippen LogP contribution in [0.25, 0.3) is 0 Å². The molecule has 2 heterocycles. The number of amides is 2. The number of hydrogen-bond acceptors (Lipinski definition) is 5. The average Bonchev–Trinajstić information content (AvgIpc) is 2.76. The first kappa shape index (κ1) is 23.4. The Morgan fingerprint density at radius 1 is 1.19 bits per heavy atom. The molecule has 0 unspecified atom stereocenters. The molecule has 0 radical (unpaired) electrons. The van der Waals surface area contributed by atoms with Crippen LogP contribution in [0.5, 0.6) is 5.75 Å². The second-order valence-corrected chi connectivity index (χ2v) is 8.42. The van der Waals surface area contributed by atoms with E-state index in [2.05, 4.69) is 15.3 Å². The highest BCUT2D eigenvalue weighted by atomic mass is 19.1. The zero-order chi connectivity index (χ0) is 23.4. The number of halogens is 1. The molecule has 2 aromatic rings.